The molecule has 2 N–H and O–H groups in total. The van der Waals surface area contributed by atoms with Crippen molar-refractivity contribution in [3.05, 3.63) is 70.1 Å². The molecule has 0 fully saturated rings. The highest BCUT2D eigenvalue weighted by molar-refractivity contribution is 14.0. The number of aliphatic imine (C=N–C) groups is 1. The van der Waals surface area contributed by atoms with Gasteiger partial charge in [-0.1, -0.05) is 30.3 Å². The molecular weight excluding hydrogens is 439 g/mol. The first-order chi connectivity index (χ1) is 11.9. The van der Waals surface area contributed by atoms with Crippen LogP contribution in [0.25, 0.3) is 0 Å². The highest BCUT2D eigenvalue weighted by Gasteiger charge is 2.11. The molecule has 0 aliphatic carbocycles. The summed E-state index contributed by atoms with van der Waals surface area (Å²) in [6.45, 7) is 10.4. The molecule has 5 nitrogen and oxygen atoms in total. The number of hydrogen-bond acceptors (Lipinski definition) is 2. The Balaban J connectivity index is 0.00000338. The van der Waals surface area contributed by atoms with Gasteiger partial charge in [0.25, 0.3) is 5.56 Å². The van der Waals surface area contributed by atoms with Crippen LogP contribution in [0.4, 0.5) is 0 Å². The van der Waals surface area contributed by atoms with Crippen LogP contribution in [0.2, 0.25) is 0 Å². The number of halogens is 1. The largest absolute Gasteiger partial charge is 0.357 e. The van der Waals surface area contributed by atoms with Gasteiger partial charge < -0.3 is 15.2 Å². The summed E-state index contributed by atoms with van der Waals surface area (Å²) in [5, 5.41) is 6.64. The third kappa shape index (κ3) is 7.59. The van der Waals surface area contributed by atoms with Gasteiger partial charge in [0.2, 0.25) is 0 Å². The van der Waals surface area contributed by atoms with E-state index in [1.54, 1.807) is 22.9 Å². The molecule has 2 rings (SSSR count). The van der Waals surface area contributed by atoms with E-state index in [4.69, 9.17) is 0 Å². The normalized spacial score (nSPS) is 11.6. The maximum Gasteiger partial charge on any atom is 0.250 e. The third-order valence-electron chi connectivity index (χ3n) is 3.53. The Labute approximate surface area is 173 Å². The van der Waals surface area contributed by atoms with Crippen molar-refractivity contribution in [1.29, 1.82) is 0 Å². The van der Waals surface area contributed by atoms with Gasteiger partial charge in [0.1, 0.15) is 0 Å². The molecule has 2 aromatic rings. The van der Waals surface area contributed by atoms with Crippen LogP contribution >= 0.6 is 24.0 Å². The Hall–Kier alpha value is -1.83. The molecule has 0 saturated carbocycles. The average Bonchev–Trinajstić information content (AvgIpc) is 2.55. The summed E-state index contributed by atoms with van der Waals surface area (Å²) in [5.41, 5.74) is 2.21. The van der Waals surface area contributed by atoms with Gasteiger partial charge in [0.05, 0.1) is 13.1 Å². The first kappa shape index (κ1) is 22.2. The zero-order valence-electron chi connectivity index (χ0n) is 16.0. The molecular formula is C20H29IN4O. The first-order valence-corrected chi connectivity index (χ1v) is 8.67. The lowest BCUT2D eigenvalue weighted by Gasteiger charge is -2.23. The van der Waals surface area contributed by atoms with Crippen molar-refractivity contribution in [3.63, 3.8) is 0 Å². The van der Waals surface area contributed by atoms with Crippen molar-refractivity contribution in [2.45, 2.75) is 46.3 Å². The zero-order valence-corrected chi connectivity index (χ0v) is 18.3. The van der Waals surface area contributed by atoms with Gasteiger partial charge in [0, 0.05) is 24.3 Å². The van der Waals surface area contributed by atoms with Gasteiger partial charge in [-0.15, -0.1) is 24.0 Å². The fraction of sp³-hybridized carbons (Fsp3) is 0.400. The highest BCUT2D eigenvalue weighted by atomic mass is 127. The van der Waals surface area contributed by atoms with Crippen LogP contribution in [-0.4, -0.2) is 22.6 Å². The molecule has 6 heteroatoms. The Morgan fingerprint density at radius 2 is 1.73 bits per heavy atom. The molecule has 0 unspecified atom stereocenters. The van der Waals surface area contributed by atoms with Crippen LogP contribution < -0.4 is 16.2 Å². The van der Waals surface area contributed by atoms with E-state index in [0.717, 1.165) is 23.6 Å². The minimum Gasteiger partial charge on any atom is -0.357 e. The summed E-state index contributed by atoms with van der Waals surface area (Å²) in [4.78, 5) is 16.4. The van der Waals surface area contributed by atoms with Crippen LogP contribution in [0.5, 0.6) is 0 Å². The fourth-order valence-corrected chi connectivity index (χ4v) is 2.37. The Kier molecular flexibility index (Phi) is 8.84. The maximum absolute atomic E-state index is 11.8. The predicted octanol–water partition coefficient (Wildman–Crippen LogP) is 3.37. The van der Waals surface area contributed by atoms with Crippen molar-refractivity contribution < 1.29 is 0 Å². The Morgan fingerprint density at radius 1 is 1.08 bits per heavy atom. The van der Waals surface area contributed by atoms with Crippen molar-refractivity contribution in [1.82, 2.24) is 15.2 Å². The second kappa shape index (κ2) is 10.4. The molecule has 0 spiro atoms. The van der Waals surface area contributed by atoms with Gasteiger partial charge >= 0.3 is 0 Å². The smallest absolute Gasteiger partial charge is 0.250 e. The summed E-state index contributed by atoms with van der Waals surface area (Å²) >= 11 is 0. The second-order valence-electron chi connectivity index (χ2n) is 7.05. The zero-order chi connectivity index (χ0) is 18.3. The highest BCUT2D eigenvalue weighted by Crippen LogP contribution is 2.07. The van der Waals surface area contributed by atoms with E-state index in [-0.39, 0.29) is 35.1 Å². The number of hydrogen-bond donors (Lipinski definition) is 2. The lowest BCUT2D eigenvalue weighted by Crippen LogP contribution is -2.47. The number of nitrogens with one attached hydrogen (secondary N) is 2. The van der Waals surface area contributed by atoms with Crippen LogP contribution in [0.15, 0.2) is 58.4 Å². The van der Waals surface area contributed by atoms with Crippen molar-refractivity contribution in [3.8, 4) is 0 Å². The lowest BCUT2D eigenvalue weighted by atomic mass is 10.1. The predicted molar refractivity (Wildman–Crippen MR) is 119 cm³/mol. The summed E-state index contributed by atoms with van der Waals surface area (Å²) in [7, 11) is 0. The minimum absolute atomic E-state index is 0. The molecule has 0 aliphatic heterocycles. The van der Waals surface area contributed by atoms with Crippen molar-refractivity contribution >= 4 is 29.9 Å². The number of rotatable bonds is 5. The summed E-state index contributed by atoms with van der Waals surface area (Å²) in [6.07, 6.45) is 1.81. The maximum atomic E-state index is 11.8. The lowest BCUT2D eigenvalue weighted by molar-refractivity contribution is 0.501. The molecule has 1 heterocycles. The second-order valence-corrected chi connectivity index (χ2v) is 7.05. The summed E-state index contributed by atoms with van der Waals surface area (Å²) < 4.78 is 1.70. The van der Waals surface area contributed by atoms with Gasteiger partial charge in [-0.05, 0) is 44.9 Å². The molecule has 0 amide bonds. The standard InChI is InChI=1S/C20H28N4O.HI/c1-5-21-19(23-20(2,3)4)22-14-16-9-11-17(12-10-16)15-24-13-7-6-8-18(24)25;/h6-13H,5,14-15H2,1-4H3,(H2,21,22,23);1H. The summed E-state index contributed by atoms with van der Waals surface area (Å²) in [5.74, 6) is 0.815. The quantitative estimate of drug-likeness (QED) is 0.402. The van der Waals surface area contributed by atoms with E-state index >= 15 is 0 Å². The molecule has 142 valence electrons. The van der Waals surface area contributed by atoms with E-state index in [9.17, 15) is 4.79 Å². The Morgan fingerprint density at radius 3 is 2.31 bits per heavy atom. The average molecular weight is 468 g/mol. The fourth-order valence-electron chi connectivity index (χ4n) is 2.37. The SMILES string of the molecule is CCNC(=NCc1ccc(Cn2ccccc2=O)cc1)NC(C)(C)C.I. The van der Waals surface area contributed by atoms with E-state index in [0.29, 0.717) is 13.1 Å². The molecule has 0 bridgehead atoms. The third-order valence-corrected chi connectivity index (χ3v) is 3.53. The monoisotopic (exact) mass is 468 g/mol. The molecule has 0 aliphatic rings. The number of guanidine groups is 1. The van der Waals surface area contributed by atoms with Crippen molar-refractivity contribution in [2.24, 2.45) is 4.99 Å². The van der Waals surface area contributed by atoms with E-state index in [1.165, 1.54) is 0 Å². The topological polar surface area (TPSA) is 58.4 Å². The van der Waals surface area contributed by atoms with E-state index in [2.05, 4.69) is 67.6 Å². The number of benzene rings is 1. The molecule has 1 aromatic heterocycles. The first-order valence-electron chi connectivity index (χ1n) is 8.67. The van der Waals surface area contributed by atoms with Crippen LogP contribution in [0.3, 0.4) is 0 Å². The number of nitrogens with zero attached hydrogens (tertiary/aromatic N) is 2. The summed E-state index contributed by atoms with van der Waals surface area (Å²) in [6, 6.07) is 13.4. The van der Waals surface area contributed by atoms with Gasteiger partial charge in [0.15, 0.2) is 5.96 Å². The van der Waals surface area contributed by atoms with Gasteiger partial charge in [-0.25, -0.2) is 4.99 Å². The number of pyridine rings is 1. The Bertz CT molecular complexity index is 760. The molecule has 26 heavy (non-hydrogen) atoms. The molecule has 0 atom stereocenters. The molecule has 0 saturated heterocycles. The van der Waals surface area contributed by atoms with Gasteiger partial charge in [-0.3, -0.25) is 4.79 Å². The van der Waals surface area contributed by atoms with Crippen molar-refractivity contribution in [2.75, 3.05) is 6.54 Å². The van der Waals surface area contributed by atoms with Gasteiger partial charge in [-0.2, -0.15) is 0 Å². The van der Waals surface area contributed by atoms with Crippen LogP contribution in [0, 0.1) is 0 Å². The van der Waals surface area contributed by atoms with Crippen LogP contribution in [-0.2, 0) is 13.1 Å². The number of aromatic nitrogens is 1. The van der Waals surface area contributed by atoms with E-state index in [1.807, 2.05) is 6.07 Å². The van der Waals surface area contributed by atoms with Crippen LogP contribution in [0.1, 0.15) is 38.8 Å². The minimum atomic E-state index is -0.0339. The van der Waals surface area contributed by atoms with E-state index < -0.39 is 0 Å². The molecule has 0 radical (unpaired) electrons. The molecule has 1 aromatic carbocycles.